The van der Waals surface area contributed by atoms with Crippen LogP contribution in [-0.4, -0.2) is 50.2 Å². The number of nitriles is 1. The van der Waals surface area contributed by atoms with Crippen LogP contribution in [0.15, 0.2) is 45.5 Å². The Bertz CT molecular complexity index is 1270. The molecular weight excluding hydrogens is 538 g/mol. The van der Waals surface area contributed by atoms with Crippen LogP contribution < -0.4 is 10.6 Å². The van der Waals surface area contributed by atoms with Gasteiger partial charge in [0.1, 0.15) is 41.5 Å². The van der Waals surface area contributed by atoms with Crippen molar-refractivity contribution in [1.82, 2.24) is 0 Å². The molecule has 0 saturated heterocycles. The number of methoxy groups -OCH3 is 2. The fourth-order valence-corrected chi connectivity index (χ4v) is 4.56. The van der Waals surface area contributed by atoms with Gasteiger partial charge < -0.3 is 24.7 Å². The van der Waals surface area contributed by atoms with E-state index in [2.05, 4.69) is 15.9 Å². The molecule has 190 valence electrons. The number of rotatable bonds is 5. The van der Waals surface area contributed by atoms with E-state index in [1.165, 1.54) is 6.07 Å². The molecule has 1 aromatic rings. The van der Waals surface area contributed by atoms with Gasteiger partial charge in [0.2, 0.25) is 11.8 Å². The first-order valence-electron chi connectivity index (χ1n) is 10.6. The van der Waals surface area contributed by atoms with Crippen LogP contribution in [-0.2, 0) is 43.5 Å². The topological polar surface area (TPSA) is 158 Å². The lowest BCUT2D eigenvalue weighted by Crippen LogP contribution is -2.50. The molecule has 1 aromatic carbocycles. The molecule has 1 spiro atoms. The van der Waals surface area contributed by atoms with Gasteiger partial charge in [-0.15, -0.1) is 0 Å². The number of hydrogen-bond donors (Lipinski definition) is 1. The van der Waals surface area contributed by atoms with Gasteiger partial charge in [0.25, 0.3) is 0 Å². The van der Waals surface area contributed by atoms with Crippen molar-refractivity contribution in [2.75, 3.05) is 25.7 Å². The lowest BCUT2D eigenvalue weighted by atomic mass is 9.68. The van der Waals surface area contributed by atoms with E-state index in [0.29, 0.717) is 4.47 Å². The molecule has 2 heterocycles. The molecule has 11 nitrogen and oxygen atoms in total. The first kappa shape index (κ1) is 26.7. The number of benzene rings is 1. The van der Waals surface area contributed by atoms with Crippen LogP contribution in [0.25, 0.3) is 0 Å². The summed E-state index contributed by atoms with van der Waals surface area (Å²) in [5.74, 6) is -4.19. The van der Waals surface area contributed by atoms with E-state index in [1.54, 1.807) is 32.9 Å². The monoisotopic (exact) mass is 561 g/mol. The number of carbonyl (C=O) groups is 4. The Morgan fingerprint density at radius 1 is 1.19 bits per heavy atom. The highest BCUT2D eigenvalue weighted by molar-refractivity contribution is 9.10. The average Bonchev–Trinajstić information content (AvgIpc) is 3.00. The number of fused-ring (bicyclic) bond motifs is 2. The summed E-state index contributed by atoms with van der Waals surface area (Å²) >= 11 is 3.35. The van der Waals surface area contributed by atoms with Gasteiger partial charge in [0.05, 0.1) is 14.2 Å². The van der Waals surface area contributed by atoms with Crippen LogP contribution in [0.3, 0.4) is 0 Å². The Morgan fingerprint density at radius 3 is 2.42 bits per heavy atom. The second-order valence-electron chi connectivity index (χ2n) is 8.88. The predicted octanol–water partition coefficient (Wildman–Crippen LogP) is 2.09. The first-order chi connectivity index (χ1) is 16.8. The highest BCUT2D eigenvalue weighted by Gasteiger charge is 2.63. The van der Waals surface area contributed by atoms with Gasteiger partial charge in [-0.3, -0.25) is 19.3 Å². The summed E-state index contributed by atoms with van der Waals surface area (Å²) in [6.07, 6.45) is -0.579. The lowest BCUT2D eigenvalue weighted by Gasteiger charge is -2.35. The fourth-order valence-electron chi connectivity index (χ4n) is 4.20. The molecule has 0 aromatic heterocycles. The Morgan fingerprint density at radius 2 is 1.86 bits per heavy atom. The maximum atomic E-state index is 14.2. The minimum absolute atomic E-state index is 0.163. The molecule has 2 aliphatic rings. The molecule has 1 unspecified atom stereocenters. The highest BCUT2D eigenvalue weighted by atomic mass is 79.9. The Hall–Kier alpha value is -3.85. The quantitative estimate of drug-likeness (QED) is 0.416. The second-order valence-corrected chi connectivity index (χ2v) is 9.80. The number of ether oxygens (including phenoxy) is 4. The van der Waals surface area contributed by atoms with Gasteiger partial charge in [-0.2, -0.15) is 5.26 Å². The van der Waals surface area contributed by atoms with Gasteiger partial charge in [-0.05, 0) is 39.0 Å². The molecule has 1 atom stereocenters. The van der Waals surface area contributed by atoms with E-state index in [0.717, 1.165) is 19.1 Å². The predicted molar refractivity (Wildman–Crippen MR) is 128 cm³/mol. The van der Waals surface area contributed by atoms with Crippen LogP contribution in [0.5, 0.6) is 0 Å². The minimum atomic E-state index is -2.16. The average molecular weight is 562 g/mol. The molecule has 0 aliphatic carbocycles. The molecule has 3 rings (SSSR count). The number of amides is 1. The first-order valence-corrected chi connectivity index (χ1v) is 11.4. The number of halogens is 1. The third-order valence-corrected chi connectivity index (χ3v) is 5.96. The van der Waals surface area contributed by atoms with E-state index in [9.17, 15) is 24.4 Å². The third kappa shape index (κ3) is 4.42. The van der Waals surface area contributed by atoms with Crippen molar-refractivity contribution < 1.29 is 38.1 Å². The molecule has 0 radical (unpaired) electrons. The SMILES string of the molecule is COC(=O)CC1=C(C(=O)OC)C2(C(=O)N(CC(=O)OC(C)(C)C)c3ccc(Br)cc32)C(C#N)=C(N)O1. The van der Waals surface area contributed by atoms with Crippen molar-refractivity contribution in [1.29, 1.82) is 5.26 Å². The van der Waals surface area contributed by atoms with Gasteiger partial charge in [-0.1, -0.05) is 15.9 Å². The molecule has 0 bridgehead atoms. The molecular formula is C24H24BrN3O8. The molecule has 2 aliphatic heterocycles. The number of hydrogen-bond acceptors (Lipinski definition) is 10. The second kappa shape index (κ2) is 9.66. The molecule has 0 saturated carbocycles. The molecule has 12 heteroatoms. The van der Waals surface area contributed by atoms with Gasteiger partial charge in [-0.25, -0.2) is 4.79 Å². The zero-order valence-electron chi connectivity index (χ0n) is 20.3. The molecule has 2 N–H and O–H groups in total. The van der Waals surface area contributed by atoms with E-state index in [-0.39, 0.29) is 17.0 Å². The highest BCUT2D eigenvalue weighted by Crippen LogP contribution is 2.55. The van der Waals surface area contributed by atoms with Crippen molar-refractivity contribution >= 4 is 45.4 Å². The Balaban J connectivity index is 2.37. The maximum Gasteiger partial charge on any atom is 0.339 e. The maximum absolute atomic E-state index is 14.2. The van der Waals surface area contributed by atoms with Crippen LogP contribution in [0.1, 0.15) is 32.8 Å². The summed E-state index contributed by atoms with van der Waals surface area (Å²) < 4.78 is 21.0. The Labute approximate surface area is 215 Å². The smallest absolute Gasteiger partial charge is 0.339 e. The van der Waals surface area contributed by atoms with Crippen molar-refractivity contribution in [2.24, 2.45) is 5.73 Å². The number of nitrogens with zero attached hydrogens (tertiary/aromatic N) is 2. The number of carbonyl (C=O) groups excluding carboxylic acids is 4. The largest absolute Gasteiger partial charge is 0.469 e. The number of esters is 3. The normalized spacial score (nSPS) is 19.0. The van der Waals surface area contributed by atoms with E-state index in [4.69, 9.17) is 24.7 Å². The summed E-state index contributed by atoms with van der Waals surface area (Å²) in [5.41, 5.74) is 2.66. The zero-order valence-corrected chi connectivity index (χ0v) is 21.8. The summed E-state index contributed by atoms with van der Waals surface area (Å²) in [4.78, 5) is 53.4. The van der Waals surface area contributed by atoms with Crippen LogP contribution in [0.4, 0.5) is 5.69 Å². The standard InChI is InChI=1S/C24H24BrN3O8/c1-23(2,3)36-18(30)11-28-15-7-6-12(25)8-13(15)24(22(28)32)14(10-26)20(27)35-16(9-17(29)33-4)19(24)21(31)34-5/h6-8H,9,11,27H2,1-5H3. The van der Waals surface area contributed by atoms with Crippen LogP contribution in [0.2, 0.25) is 0 Å². The van der Waals surface area contributed by atoms with E-state index >= 15 is 0 Å². The fraction of sp³-hybridized carbons (Fsp3) is 0.375. The lowest BCUT2D eigenvalue weighted by molar-refractivity contribution is -0.153. The summed E-state index contributed by atoms with van der Waals surface area (Å²) in [5, 5.41) is 10.1. The molecule has 36 heavy (non-hydrogen) atoms. The molecule has 1 amide bonds. The van der Waals surface area contributed by atoms with Gasteiger partial charge in [0.15, 0.2) is 5.41 Å². The van der Waals surface area contributed by atoms with Crippen molar-refractivity contribution in [3.63, 3.8) is 0 Å². The van der Waals surface area contributed by atoms with Gasteiger partial charge in [0, 0.05) is 15.7 Å². The van der Waals surface area contributed by atoms with Crippen molar-refractivity contribution in [2.45, 2.75) is 38.2 Å². The Kier molecular flexibility index (Phi) is 7.18. The third-order valence-electron chi connectivity index (χ3n) is 5.47. The summed E-state index contributed by atoms with van der Waals surface area (Å²) in [6, 6.07) is 6.58. The van der Waals surface area contributed by atoms with Crippen molar-refractivity contribution in [3.8, 4) is 6.07 Å². The van der Waals surface area contributed by atoms with Crippen LogP contribution in [0, 0.1) is 11.3 Å². The van der Waals surface area contributed by atoms with Crippen molar-refractivity contribution in [3.05, 3.63) is 51.0 Å². The minimum Gasteiger partial charge on any atom is -0.469 e. The summed E-state index contributed by atoms with van der Waals surface area (Å²) in [6.45, 7) is 4.51. The number of nitrogens with two attached hydrogens (primary N) is 1. The number of anilines is 1. The molecule has 0 fully saturated rings. The summed E-state index contributed by atoms with van der Waals surface area (Å²) in [7, 11) is 2.21. The van der Waals surface area contributed by atoms with Gasteiger partial charge >= 0.3 is 17.9 Å². The van der Waals surface area contributed by atoms with E-state index in [1.807, 2.05) is 6.07 Å². The van der Waals surface area contributed by atoms with E-state index < -0.39 is 64.8 Å². The zero-order chi connectivity index (χ0) is 27.0. The van der Waals surface area contributed by atoms with Crippen LogP contribution >= 0.6 is 15.9 Å².